The van der Waals surface area contributed by atoms with Crippen LogP contribution in [-0.4, -0.2) is 4.98 Å². The van der Waals surface area contributed by atoms with Crippen molar-refractivity contribution in [1.29, 1.82) is 0 Å². The van der Waals surface area contributed by atoms with Gasteiger partial charge >= 0.3 is 0 Å². The van der Waals surface area contributed by atoms with E-state index in [1.54, 1.807) is 6.20 Å². The van der Waals surface area contributed by atoms with Crippen molar-refractivity contribution in [3.05, 3.63) is 59.2 Å². The molecule has 2 aromatic carbocycles. The van der Waals surface area contributed by atoms with Crippen LogP contribution in [0.5, 0.6) is 11.5 Å². The summed E-state index contributed by atoms with van der Waals surface area (Å²) >= 11 is 6.17. The highest BCUT2D eigenvalue weighted by Gasteiger charge is 2.08. The second kappa shape index (κ2) is 5.02. The maximum absolute atomic E-state index is 6.17. The van der Waals surface area contributed by atoms with Crippen molar-refractivity contribution in [2.75, 3.05) is 5.73 Å². The van der Waals surface area contributed by atoms with Crippen molar-refractivity contribution in [2.45, 2.75) is 6.92 Å². The van der Waals surface area contributed by atoms with Crippen LogP contribution in [0.15, 0.2) is 48.7 Å². The lowest BCUT2D eigenvalue weighted by atomic mass is 10.2. The molecule has 0 unspecified atom stereocenters. The first-order valence-corrected chi connectivity index (χ1v) is 6.60. The van der Waals surface area contributed by atoms with Crippen molar-refractivity contribution < 1.29 is 4.74 Å². The fourth-order valence-corrected chi connectivity index (χ4v) is 2.25. The number of aryl methyl sites for hydroxylation is 1. The van der Waals surface area contributed by atoms with Gasteiger partial charge in [0, 0.05) is 17.3 Å². The molecule has 0 aliphatic rings. The summed E-state index contributed by atoms with van der Waals surface area (Å²) in [6, 6.07) is 13.0. The summed E-state index contributed by atoms with van der Waals surface area (Å²) in [4.78, 5) is 4.34. The van der Waals surface area contributed by atoms with Crippen molar-refractivity contribution in [1.82, 2.24) is 4.98 Å². The van der Waals surface area contributed by atoms with Gasteiger partial charge in [-0.15, -0.1) is 0 Å². The lowest BCUT2D eigenvalue weighted by Gasteiger charge is -2.10. The number of pyridine rings is 1. The molecule has 2 N–H and O–H groups in total. The van der Waals surface area contributed by atoms with Crippen LogP contribution in [0, 0.1) is 6.92 Å². The van der Waals surface area contributed by atoms with Gasteiger partial charge in [0.1, 0.15) is 11.3 Å². The number of benzene rings is 2. The van der Waals surface area contributed by atoms with Crippen LogP contribution in [0.1, 0.15) is 5.56 Å². The number of nitrogens with two attached hydrogens (primary N) is 1. The molecule has 0 amide bonds. The third-order valence-electron chi connectivity index (χ3n) is 3.15. The zero-order valence-corrected chi connectivity index (χ0v) is 11.7. The van der Waals surface area contributed by atoms with E-state index in [1.165, 1.54) is 0 Å². The van der Waals surface area contributed by atoms with Gasteiger partial charge in [0.2, 0.25) is 0 Å². The van der Waals surface area contributed by atoms with Gasteiger partial charge in [0.15, 0.2) is 5.75 Å². The molecule has 3 rings (SSSR count). The molecule has 0 aliphatic heterocycles. The lowest BCUT2D eigenvalue weighted by molar-refractivity contribution is 0.487. The summed E-state index contributed by atoms with van der Waals surface area (Å²) in [6.07, 6.45) is 1.72. The minimum atomic E-state index is 0.661. The van der Waals surface area contributed by atoms with Crippen LogP contribution in [0.3, 0.4) is 0 Å². The Bertz CT molecular complexity index is 787. The summed E-state index contributed by atoms with van der Waals surface area (Å²) in [7, 11) is 0. The number of anilines is 1. The van der Waals surface area contributed by atoms with Crippen molar-refractivity contribution in [2.24, 2.45) is 0 Å². The minimum Gasteiger partial charge on any atom is -0.455 e. The monoisotopic (exact) mass is 284 g/mol. The number of hydrogen-bond acceptors (Lipinski definition) is 3. The molecule has 4 heteroatoms. The topological polar surface area (TPSA) is 48.1 Å². The summed E-state index contributed by atoms with van der Waals surface area (Å²) < 4.78 is 5.91. The van der Waals surface area contributed by atoms with E-state index in [0.29, 0.717) is 10.8 Å². The Kier molecular flexibility index (Phi) is 3.20. The number of ether oxygens (including phenoxy) is 1. The molecule has 0 saturated heterocycles. The quantitative estimate of drug-likeness (QED) is 0.701. The lowest BCUT2D eigenvalue weighted by Crippen LogP contribution is -1.92. The molecule has 0 spiro atoms. The molecule has 20 heavy (non-hydrogen) atoms. The largest absolute Gasteiger partial charge is 0.455 e. The SMILES string of the molecule is Cc1cc(Oc2ccc(Cl)c3cccnc23)ccc1N. The zero-order chi connectivity index (χ0) is 14.1. The number of rotatable bonds is 2. The van der Waals surface area contributed by atoms with Crippen LogP contribution in [0.4, 0.5) is 5.69 Å². The average molecular weight is 285 g/mol. The number of hydrogen-bond donors (Lipinski definition) is 1. The van der Waals surface area contributed by atoms with E-state index in [9.17, 15) is 0 Å². The van der Waals surface area contributed by atoms with Gasteiger partial charge in [-0.1, -0.05) is 11.6 Å². The normalized spacial score (nSPS) is 10.7. The molecule has 0 radical (unpaired) electrons. The smallest absolute Gasteiger partial charge is 0.153 e. The van der Waals surface area contributed by atoms with E-state index >= 15 is 0 Å². The Morgan fingerprint density at radius 2 is 2.00 bits per heavy atom. The molecule has 0 atom stereocenters. The predicted octanol–water partition coefficient (Wildman–Crippen LogP) is 4.57. The van der Waals surface area contributed by atoms with Gasteiger partial charge in [-0.25, -0.2) is 0 Å². The van der Waals surface area contributed by atoms with Crippen molar-refractivity contribution in [3.8, 4) is 11.5 Å². The first kappa shape index (κ1) is 12.8. The first-order valence-electron chi connectivity index (χ1n) is 6.22. The molecular weight excluding hydrogens is 272 g/mol. The number of fused-ring (bicyclic) bond motifs is 1. The molecule has 0 saturated carbocycles. The van der Waals surface area contributed by atoms with E-state index in [-0.39, 0.29) is 0 Å². The highest BCUT2D eigenvalue weighted by atomic mass is 35.5. The number of halogens is 1. The van der Waals surface area contributed by atoms with Crippen LogP contribution < -0.4 is 10.5 Å². The van der Waals surface area contributed by atoms with E-state index in [4.69, 9.17) is 22.1 Å². The van der Waals surface area contributed by atoms with E-state index in [2.05, 4.69) is 4.98 Å². The second-order valence-electron chi connectivity index (χ2n) is 4.57. The zero-order valence-electron chi connectivity index (χ0n) is 10.9. The van der Waals surface area contributed by atoms with Gasteiger partial charge in [-0.2, -0.15) is 0 Å². The maximum atomic E-state index is 6.17. The van der Waals surface area contributed by atoms with Gasteiger partial charge in [0.05, 0.1) is 5.02 Å². The Morgan fingerprint density at radius 3 is 2.80 bits per heavy atom. The van der Waals surface area contributed by atoms with Gasteiger partial charge in [-0.3, -0.25) is 4.98 Å². The Labute approximate surface area is 122 Å². The average Bonchev–Trinajstić information content (AvgIpc) is 2.46. The Morgan fingerprint density at radius 1 is 1.15 bits per heavy atom. The molecule has 0 aliphatic carbocycles. The minimum absolute atomic E-state index is 0.661. The standard InChI is InChI=1S/C16H13ClN2O/c1-10-9-11(4-6-14(10)18)20-15-7-5-13(17)12-3-2-8-19-16(12)15/h2-9H,18H2,1H3. The van der Waals surface area contributed by atoms with E-state index in [1.807, 2.05) is 49.4 Å². The third-order valence-corrected chi connectivity index (χ3v) is 3.48. The molecule has 100 valence electrons. The Balaban J connectivity index is 2.06. The highest BCUT2D eigenvalue weighted by Crippen LogP contribution is 2.33. The molecule has 3 aromatic rings. The van der Waals surface area contributed by atoms with Crippen LogP contribution in [0.25, 0.3) is 10.9 Å². The third kappa shape index (κ3) is 2.28. The van der Waals surface area contributed by atoms with E-state index in [0.717, 1.165) is 27.9 Å². The molecular formula is C16H13ClN2O. The van der Waals surface area contributed by atoms with E-state index < -0.39 is 0 Å². The molecule has 0 fully saturated rings. The van der Waals surface area contributed by atoms with Gasteiger partial charge < -0.3 is 10.5 Å². The fourth-order valence-electron chi connectivity index (χ4n) is 2.03. The summed E-state index contributed by atoms with van der Waals surface area (Å²) in [5.41, 5.74) is 8.28. The molecule has 0 bridgehead atoms. The van der Waals surface area contributed by atoms with Gasteiger partial charge in [-0.05, 0) is 55.0 Å². The van der Waals surface area contributed by atoms with Gasteiger partial charge in [0.25, 0.3) is 0 Å². The highest BCUT2D eigenvalue weighted by molar-refractivity contribution is 6.35. The second-order valence-corrected chi connectivity index (χ2v) is 4.97. The first-order chi connectivity index (χ1) is 9.65. The summed E-state index contributed by atoms with van der Waals surface area (Å²) in [5.74, 6) is 1.40. The van der Waals surface area contributed by atoms with Crippen LogP contribution in [0.2, 0.25) is 5.02 Å². The fraction of sp³-hybridized carbons (Fsp3) is 0.0625. The molecule has 3 nitrogen and oxygen atoms in total. The number of nitrogens with zero attached hydrogens (tertiary/aromatic N) is 1. The maximum Gasteiger partial charge on any atom is 0.153 e. The van der Waals surface area contributed by atoms with Crippen molar-refractivity contribution >= 4 is 28.2 Å². The summed E-state index contributed by atoms with van der Waals surface area (Å²) in [6.45, 7) is 1.94. The number of nitrogen functional groups attached to an aromatic ring is 1. The Hall–Kier alpha value is -2.26. The van der Waals surface area contributed by atoms with Crippen LogP contribution in [-0.2, 0) is 0 Å². The number of aromatic nitrogens is 1. The molecule has 1 heterocycles. The summed E-state index contributed by atoms with van der Waals surface area (Å²) in [5, 5.41) is 1.53. The van der Waals surface area contributed by atoms with Crippen LogP contribution >= 0.6 is 11.6 Å². The molecule has 1 aromatic heterocycles. The predicted molar refractivity (Wildman–Crippen MR) is 82.4 cm³/mol. The van der Waals surface area contributed by atoms with Crippen molar-refractivity contribution in [3.63, 3.8) is 0 Å².